The van der Waals surface area contributed by atoms with Gasteiger partial charge in [0.2, 0.25) is 5.82 Å². The molecule has 0 spiro atoms. The Morgan fingerprint density at radius 1 is 1.74 bits per heavy atom. The van der Waals surface area contributed by atoms with E-state index in [4.69, 9.17) is 15.7 Å². The monoisotopic (exact) mass is 263 g/mol. The molecule has 0 aliphatic carbocycles. The van der Waals surface area contributed by atoms with Crippen LogP contribution >= 0.6 is 0 Å². The maximum atomic E-state index is 11.1. The molecule has 8 heteroatoms. The topological polar surface area (TPSA) is 118 Å². The van der Waals surface area contributed by atoms with Gasteiger partial charge in [0.1, 0.15) is 11.6 Å². The molecule has 0 radical (unpaired) electrons. The zero-order valence-electron chi connectivity index (χ0n) is 10.2. The minimum absolute atomic E-state index is 0.00536. The van der Waals surface area contributed by atoms with Gasteiger partial charge in [-0.1, -0.05) is 0 Å². The number of nitro groups is 1. The van der Waals surface area contributed by atoms with Crippen molar-refractivity contribution in [2.75, 3.05) is 31.1 Å². The lowest BCUT2D eigenvalue weighted by Gasteiger charge is -2.32. The van der Waals surface area contributed by atoms with Gasteiger partial charge in [-0.15, -0.1) is 0 Å². The Labute approximate surface area is 109 Å². The average molecular weight is 263 g/mol. The first-order chi connectivity index (χ1) is 9.17. The molecule has 1 unspecified atom stereocenters. The van der Waals surface area contributed by atoms with E-state index in [1.54, 1.807) is 4.90 Å². The number of morpholine rings is 1. The van der Waals surface area contributed by atoms with E-state index < -0.39 is 4.92 Å². The van der Waals surface area contributed by atoms with Crippen LogP contribution in [0.25, 0.3) is 0 Å². The summed E-state index contributed by atoms with van der Waals surface area (Å²) in [6.07, 6.45) is 1.22. The standard InChI is InChI=1S/C11H13N5O3/c12-5-8-1-2-14-11(10(8)16(17)18)15-3-4-19-9(6-13)7-15/h1-2,9H,3-4,6-7,13H2. The van der Waals surface area contributed by atoms with Crippen molar-refractivity contribution in [2.24, 2.45) is 5.73 Å². The summed E-state index contributed by atoms with van der Waals surface area (Å²) in [5, 5.41) is 20.1. The van der Waals surface area contributed by atoms with Gasteiger partial charge in [-0.2, -0.15) is 5.26 Å². The number of nitrogens with zero attached hydrogens (tertiary/aromatic N) is 4. The van der Waals surface area contributed by atoms with Gasteiger partial charge in [0, 0.05) is 25.8 Å². The second-order valence-electron chi connectivity index (χ2n) is 4.07. The first kappa shape index (κ1) is 13.2. The molecule has 19 heavy (non-hydrogen) atoms. The van der Waals surface area contributed by atoms with Crippen molar-refractivity contribution in [3.05, 3.63) is 27.9 Å². The van der Waals surface area contributed by atoms with Gasteiger partial charge < -0.3 is 15.4 Å². The van der Waals surface area contributed by atoms with Gasteiger partial charge in [-0.25, -0.2) is 4.98 Å². The normalized spacial score (nSPS) is 18.9. The number of anilines is 1. The summed E-state index contributed by atoms with van der Waals surface area (Å²) >= 11 is 0. The number of nitrogens with two attached hydrogens (primary N) is 1. The maximum absolute atomic E-state index is 11.1. The molecule has 2 N–H and O–H groups in total. The molecule has 0 aromatic carbocycles. The third kappa shape index (κ3) is 2.62. The van der Waals surface area contributed by atoms with E-state index in [1.165, 1.54) is 12.3 Å². The molecule has 0 bridgehead atoms. The number of aromatic nitrogens is 1. The van der Waals surface area contributed by atoms with E-state index in [9.17, 15) is 10.1 Å². The van der Waals surface area contributed by atoms with Crippen LogP contribution in [-0.2, 0) is 4.74 Å². The fourth-order valence-corrected chi connectivity index (χ4v) is 2.00. The first-order valence-electron chi connectivity index (χ1n) is 5.77. The molecular formula is C11H13N5O3. The fourth-order valence-electron chi connectivity index (χ4n) is 2.00. The summed E-state index contributed by atoms with van der Waals surface area (Å²) in [7, 11) is 0. The lowest BCUT2D eigenvalue weighted by atomic mass is 10.2. The molecule has 1 aliphatic rings. The Morgan fingerprint density at radius 3 is 3.16 bits per heavy atom. The predicted molar refractivity (Wildman–Crippen MR) is 66.6 cm³/mol. The smallest absolute Gasteiger partial charge is 0.329 e. The Morgan fingerprint density at radius 2 is 2.53 bits per heavy atom. The molecule has 1 atom stereocenters. The summed E-state index contributed by atoms with van der Waals surface area (Å²) in [5.74, 6) is 0.200. The second kappa shape index (κ2) is 5.60. The van der Waals surface area contributed by atoms with Crippen molar-refractivity contribution >= 4 is 11.5 Å². The van der Waals surface area contributed by atoms with Gasteiger partial charge in [-0.3, -0.25) is 10.1 Å². The lowest BCUT2D eigenvalue weighted by Crippen LogP contribution is -2.46. The minimum Gasteiger partial charge on any atom is -0.373 e. The second-order valence-corrected chi connectivity index (χ2v) is 4.07. The van der Waals surface area contributed by atoms with E-state index in [-0.39, 0.29) is 23.2 Å². The number of rotatable bonds is 3. The summed E-state index contributed by atoms with van der Waals surface area (Å²) in [6.45, 7) is 1.68. The molecule has 100 valence electrons. The highest BCUT2D eigenvalue weighted by atomic mass is 16.6. The molecule has 0 amide bonds. The van der Waals surface area contributed by atoms with Crippen LogP contribution in [0.3, 0.4) is 0 Å². The summed E-state index contributed by atoms with van der Waals surface area (Å²) in [5.41, 5.74) is 5.28. The molecule has 1 aliphatic heterocycles. The predicted octanol–water partition coefficient (Wildman–Crippen LogP) is 0.0254. The highest BCUT2D eigenvalue weighted by Gasteiger charge is 2.29. The van der Waals surface area contributed by atoms with E-state index in [0.717, 1.165) is 0 Å². The van der Waals surface area contributed by atoms with Crippen molar-refractivity contribution in [1.29, 1.82) is 5.26 Å². The van der Waals surface area contributed by atoms with Crippen LogP contribution in [0.15, 0.2) is 12.3 Å². The van der Waals surface area contributed by atoms with Crippen LogP contribution < -0.4 is 10.6 Å². The maximum Gasteiger partial charge on any atom is 0.329 e. The molecule has 0 saturated carbocycles. The largest absolute Gasteiger partial charge is 0.373 e. The number of hydrogen-bond donors (Lipinski definition) is 1. The Kier molecular flexibility index (Phi) is 3.89. The molecule has 8 nitrogen and oxygen atoms in total. The Balaban J connectivity index is 2.39. The summed E-state index contributed by atoms with van der Waals surface area (Å²) in [6, 6.07) is 3.15. The van der Waals surface area contributed by atoms with Crippen molar-refractivity contribution in [3.8, 4) is 6.07 Å². The minimum atomic E-state index is -0.576. The zero-order valence-corrected chi connectivity index (χ0v) is 10.2. The van der Waals surface area contributed by atoms with Crippen molar-refractivity contribution in [3.63, 3.8) is 0 Å². The van der Waals surface area contributed by atoms with Crippen molar-refractivity contribution in [2.45, 2.75) is 6.10 Å². The van der Waals surface area contributed by atoms with Gasteiger partial charge in [-0.05, 0) is 6.07 Å². The fraction of sp³-hybridized carbons (Fsp3) is 0.455. The van der Waals surface area contributed by atoms with Crippen LogP contribution in [0.1, 0.15) is 5.56 Å². The number of pyridine rings is 1. The highest BCUT2D eigenvalue weighted by Crippen LogP contribution is 2.29. The highest BCUT2D eigenvalue weighted by molar-refractivity contribution is 5.65. The van der Waals surface area contributed by atoms with Crippen molar-refractivity contribution in [1.82, 2.24) is 4.98 Å². The third-order valence-electron chi connectivity index (χ3n) is 2.91. The average Bonchev–Trinajstić information content (AvgIpc) is 2.46. The van der Waals surface area contributed by atoms with Crippen LogP contribution in [0, 0.1) is 21.4 Å². The van der Waals surface area contributed by atoms with E-state index >= 15 is 0 Å². The van der Waals surface area contributed by atoms with E-state index in [2.05, 4.69) is 4.98 Å². The van der Waals surface area contributed by atoms with Crippen LogP contribution in [0.5, 0.6) is 0 Å². The molecule has 2 rings (SSSR count). The first-order valence-corrected chi connectivity index (χ1v) is 5.77. The summed E-state index contributed by atoms with van der Waals surface area (Å²) in [4.78, 5) is 16.3. The number of hydrogen-bond acceptors (Lipinski definition) is 7. The summed E-state index contributed by atoms with van der Waals surface area (Å²) < 4.78 is 5.41. The number of nitriles is 1. The Hall–Kier alpha value is -2.24. The van der Waals surface area contributed by atoms with Crippen LogP contribution in [-0.4, -0.2) is 42.3 Å². The van der Waals surface area contributed by atoms with Gasteiger partial charge >= 0.3 is 5.69 Å². The molecule has 1 saturated heterocycles. The van der Waals surface area contributed by atoms with E-state index in [1.807, 2.05) is 6.07 Å². The van der Waals surface area contributed by atoms with Gasteiger partial charge in [0.25, 0.3) is 0 Å². The zero-order chi connectivity index (χ0) is 13.8. The molecule has 2 heterocycles. The SMILES string of the molecule is N#Cc1ccnc(N2CCOC(CN)C2)c1[N+](=O)[O-]. The quantitative estimate of drug-likeness (QED) is 0.603. The van der Waals surface area contributed by atoms with E-state index in [0.29, 0.717) is 26.2 Å². The molecule has 1 fully saturated rings. The molecule has 1 aromatic rings. The van der Waals surface area contributed by atoms with Crippen LogP contribution in [0.2, 0.25) is 0 Å². The number of ether oxygens (including phenoxy) is 1. The van der Waals surface area contributed by atoms with Crippen molar-refractivity contribution < 1.29 is 9.66 Å². The molecule has 1 aromatic heterocycles. The van der Waals surface area contributed by atoms with Gasteiger partial charge in [0.15, 0.2) is 0 Å². The van der Waals surface area contributed by atoms with Gasteiger partial charge in [0.05, 0.1) is 17.6 Å². The third-order valence-corrected chi connectivity index (χ3v) is 2.91. The lowest BCUT2D eigenvalue weighted by molar-refractivity contribution is -0.384. The Bertz CT molecular complexity index is 528. The molecular weight excluding hydrogens is 250 g/mol. The van der Waals surface area contributed by atoms with Crippen LogP contribution in [0.4, 0.5) is 11.5 Å².